The maximum Gasteiger partial charge on any atom is -0.0131 e. The van der Waals surface area contributed by atoms with Crippen LogP contribution in [0, 0.1) is 11.8 Å². The number of benzene rings is 1. The fraction of sp³-hybridized carbons (Fsp3) is 0.700. The van der Waals surface area contributed by atoms with Crippen LogP contribution in [0.3, 0.4) is 0 Å². The highest BCUT2D eigenvalue weighted by Crippen LogP contribution is 2.42. The maximum absolute atomic E-state index is 2.39. The van der Waals surface area contributed by atoms with Gasteiger partial charge in [0.2, 0.25) is 0 Å². The Morgan fingerprint density at radius 3 is 2.00 bits per heavy atom. The number of hydrogen-bond acceptors (Lipinski definition) is 0. The molecule has 1 aromatic carbocycles. The molecule has 1 aromatic rings. The first kappa shape index (κ1) is 14.2. The fourth-order valence-corrected chi connectivity index (χ4v) is 4.62. The zero-order chi connectivity index (χ0) is 13.6. The van der Waals surface area contributed by atoms with Gasteiger partial charge in [-0.3, -0.25) is 0 Å². The Morgan fingerprint density at radius 2 is 1.35 bits per heavy atom. The van der Waals surface area contributed by atoms with Crippen LogP contribution in [0.25, 0.3) is 0 Å². The molecule has 20 heavy (non-hydrogen) atoms. The summed E-state index contributed by atoms with van der Waals surface area (Å²) in [6, 6.07) is 11.4. The number of rotatable bonds is 4. The molecule has 0 nitrogen and oxygen atoms in total. The van der Waals surface area contributed by atoms with E-state index in [-0.39, 0.29) is 0 Å². The van der Waals surface area contributed by atoms with Gasteiger partial charge in [0.25, 0.3) is 0 Å². The Hall–Kier alpha value is -0.780. The summed E-state index contributed by atoms with van der Waals surface area (Å²) in [5.41, 5.74) is 1.63. The molecule has 0 aliphatic heterocycles. The van der Waals surface area contributed by atoms with Gasteiger partial charge >= 0.3 is 0 Å². The van der Waals surface area contributed by atoms with Crippen LogP contribution in [0.5, 0.6) is 0 Å². The van der Waals surface area contributed by atoms with Gasteiger partial charge in [-0.1, -0.05) is 81.7 Å². The minimum absolute atomic E-state index is 0.847. The van der Waals surface area contributed by atoms with Gasteiger partial charge in [0.1, 0.15) is 0 Å². The highest BCUT2D eigenvalue weighted by Gasteiger charge is 2.28. The molecular formula is C20H30. The average Bonchev–Trinajstić information content (AvgIpc) is 2.55. The molecule has 0 bridgehead atoms. The Balaban J connectivity index is 1.72. The van der Waals surface area contributed by atoms with Crippen molar-refractivity contribution in [2.24, 2.45) is 11.8 Å². The second kappa shape index (κ2) is 7.29. The van der Waals surface area contributed by atoms with Crippen LogP contribution in [-0.2, 0) is 0 Å². The third kappa shape index (κ3) is 3.65. The predicted molar refractivity (Wildman–Crippen MR) is 87.0 cm³/mol. The molecule has 0 radical (unpaired) electrons. The van der Waals surface area contributed by atoms with E-state index in [4.69, 9.17) is 0 Å². The summed E-state index contributed by atoms with van der Waals surface area (Å²) in [7, 11) is 0. The minimum atomic E-state index is 0.847. The van der Waals surface area contributed by atoms with E-state index < -0.39 is 0 Å². The van der Waals surface area contributed by atoms with E-state index >= 15 is 0 Å². The summed E-state index contributed by atoms with van der Waals surface area (Å²) in [5.74, 6) is 2.82. The lowest BCUT2D eigenvalue weighted by Crippen LogP contribution is -2.20. The molecule has 1 unspecified atom stereocenters. The van der Waals surface area contributed by atoms with Gasteiger partial charge in [-0.05, 0) is 42.6 Å². The van der Waals surface area contributed by atoms with Crippen LogP contribution in [0.15, 0.2) is 30.3 Å². The molecule has 110 valence electrons. The van der Waals surface area contributed by atoms with Crippen molar-refractivity contribution in [2.75, 3.05) is 0 Å². The monoisotopic (exact) mass is 270 g/mol. The van der Waals surface area contributed by atoms with Crippen LogP contribution in [0.2, 0.25) is 0 Å². The van der Waals surface area contributed by atoms with Crippen LogP contribution in [-0.4, -0.2) is 0 Å². The van der Waals surface area contributed by atoms with E-state index in [2.05, 4.69) is 30.3 Å². The van der Waals surface area contributed by atoms with Gasteiger partial charge in [0.15, 0.2) is 0 Å². The largest absolute Gasteiger partial charge is 0.0622 e. The van der Waals surface area contributed by atoms with Crippen molar-refractivity contribution in [2.45, 2.75) is 76.5 Å². The lowest BCUT2D eigenvalue weighted by atomic mass is 9.71. The molecule has 0 saturated heterocycles. The Bertz CT molecular complexity index is 368. The van der Waals surface area contributed by atoms with Crippen molar-refractivity contribution in [3.05, 3.63) is 35.9 Å². The third-order valence-electron chi connectivity index (χ3n) is 5.76. The second-order valence-electron chi connectivity index (χ2n) is 7.16. The molecule has 2 saturated carbocycles. The second-order valence-corrected chi connectivity index (χ2v) is 7.16. The number of hydrogen-bond donors (Lipinski definition) is 0. The molecule has 0 aromatic heterocycles. The van der Waals surface area contributed by atoms with E-state index in [1.54, 1.807) is 5.56 Å². The Morgan fingerprint density at radius 1 is 0.750 bits per heavy atom. The summed E-state index contributed by atoms with van der Waals surface area (Å²) in [6.07, 6.45) is 16.3. The van der Waals surface area contributed by atoms with Crippen molar-refractivity contribution in [3.63, 3.8) is 0 Å². The van der Waals surface area contributed by atoms with Crippen molar-refractivity contribution < 1.29 is 0 Å². The lowest BCUT2D eigenvalue weighted by Gasteiger charge is -2.34. The maximum atomic E-state index is 2.39. The smallest absolute Gasteiger partial charge is 0.0131 e. The van der Waals surface area contributed by atoms with Gasteiger partial charge in [0, 0.05) is 0 Å². The molecule has 0 N–H and O–H groups in total. The topological polar surface area (TPSA) is 0 Å². The lowest BCUT2D eigenvalue weighted by molar-refractivity contribution is 0.240. The highest BCUT2D eigenvalue weighted by atomic mass is 14.3. The van der Waals surface area contributed by atoms with Crippen molar-refractivity contribution in [3.8, 4) is 0 Å². The summed E-state index contributed by atoms with van der Waals surface area (Å²) < 4.78 is 0. The molecule has 0 amide bonds. The summed E-state index contributed by atoms with van der Waals surface area (Å²) in [6.45, 7) is 0. The van der Waals surface area contributed by atoms with E-state index in [9.17, 15) is 0 Å². The molecule has 3 rings (SSSR count). The Labute approximate surface area is 125 Å². The van der Waals surface area contributed by atoms with E-state index in [0.717, 1.165) is 17.8 Å². The highest BCUT2D eigenvalue weighted by molar-refractivity contribution is 5.20. The van der Waals surface area contributed by atoms with Gasteiger partial charge in [0.05, 0.1) is 0 Å². The molecule has 0 heteroatoms. The molecule has 0 spiro atoms. The van der Waals surface area contributed by atoms with Gasteiger partial charge in [-0.2, -0.15) is 0 Å². The molecule has 2 fully saturated rings. The SMILES string of the molecule is c1ccc(C(CC2CCCCC2)C2CCCCC2)cc1. The van der Waals surface area contributed by atoms with Crippen molar-refractivity contribution >= 4 is 0 Å². The van der Waals surface area contributed by atoms with Crippen LogP contribution in [0.1, 0.15) is 82.1 Å². The summed E-state index contributed by atoms with van der Waals surface area (Å²) in [4.78, 5) is 0. The molecular weight excluding hydrogens is 240 g/mol. The van der Waals surface area contributed by atoms with E-state index in [0.29, 0.717) is 0 Å². The van der Waals surface area contributed by atoms with Crippen molar-refractivity contribution in [1.29, 1.82) is 0 Å². The van der Waals surface area contributed by atoms with Gasteiger partial charge in [-0.15, -0.1) is 0 Å². The third-order valence-corrected chi connectivity index (χ3v) is 5.76. The van der Waals surface area contributed by atoms with Crippen molar-refractivity contribution in [1.82, 2.24) is 0 Å². The fourth-order valence-electron chi connectivity index (χ4n) is 4.62. The molecule has 0 heterocycles. The zero-order valence-electron chi connectivity index (χ0n) is 12.9. The molecule has 1 atom stereocenters. The molecule has 2 aliphatic rings. The van der Waals surface area contributed by atoms with E-state index in [1.165, 1.54) is 70.6 Å². The predicted octanol–water partition coefficient (Wildman–Crippen LogP) is 6.32. The van der Waals surface area contributed by atoms with Gasteiger partial charge in [-0.25, -0.2) is 0 Å². The minimum Gasteiger partial charge on any atom is -0.0622 e. The Kier molecular flexibility index (Phi) is 5.17. The summed E-state index contributed by atoms with van der Waals surface area (Å²) >= 11 is 0. The zero-order valence-corrected chi connectivity index (χ0v) is 12.9. The van der Waals surface area contributed by atoms with Crippen LogP contribution < -0.4 is 0 Å². The standard InChI is InChI=1S/C20H30/c1-4-10-17(11-5-1)16-20(18-12-6-2-7-13-18)19-14-8-3-9-15-19/h2,6-7,12-13,17,19-20H,1,3-5,8-11,14-16H2. The average molecular weight is 270 g/mol. The van der Waals surface area contributed by atoms with Crippen LogP contribution >= 0.6 is 0 Å². The first-order valence-electron chi connectivity index (χ1n) is 8.98. The van der Waals surface area contributed by atoms with E-state index in [1.807, 2.05) is 0 Å². The normalized spacial score (nSPS) is 23.6. The quantitative estimate of drug-likeness (QED) is 0.600. The first-order chi connectivity index (χ1) is 9.93. The van der Waals surface area contributed by atoms with Crippen LogP contribution in [0.4, 0.5) is 0 Å². The molecule has 2 aliphatic carbocycles. The van der Waals surface area contributed by atoms with Gasteiger partial charge < -0.3 is 0 Å². The first-order valence-corrected chi connectivity index (χ1v) is 8.98. The summed E-state index contributed by atoms with van der Waals surface area (Å²) in [5, 5.41) is 0.